The van der Waals surface area contributed by atoms with Crippen molar-refractivity contribution in [3.8, 4) is 0 Å². The molecule has 0 spiro atoms. The molecule has 7 nitrogen and oxygen atoms in total. The van der Waals surface area contributed by atoms with Gasteiger partial charge >= 0.3 is 5.97 Å². The summed E-state index contributed by atoms with van der Waals surface area (Å²) in [6.45, 7) is -0.822. The molecule has 0 aliphatic rings. The number of hydrogen-bond acceptors (Lipinski definition) is 7. The Balaban J connectivity index is 4.08. The van der Waals surface area contributed by atoms with Crippen LogP contribution in [0.25, 0.3) is 0 Å². The smallest absolute Gasteiger partial charge is 0.373 e. The molecule has 0 saturated heterocycles. The molecule has 72 valence electrons. The van der Waals surface area contributed by atoms with Crippen LogP contribution >= 0.6 is 0 Å². The van der Waals surface area contributed by atoms with Crippen molar-refractivity contribution < 1.29 is 35.4 Å². The molecule has 12 heavy (non-hydrogen) atoms. The maximum atomic E-state index is 10.3. The SMILES string of the molecule is O=C(OO)[C@H](O)[C@H](O)[C@H](O)CO. The van der Waals surface area contributed by atoms with Gasteiger partial charge in [-0.1, -0.05) is 0 Å². The van der Waals surface area contributed by atoms with Gasteiger partial charge in [-0.3, -0.25) is 4.89 Å². The summed E-state index contributed by atoms with van der Waals surface area (Å²) < 4.78 is 0. The van der Waals surface area contributed by atoms with Crippen LogP contribution in [0.15, 0.2) is 0 Å². The van der Waals surface area contributed by atoms with Gasteiger partial charge < -0.3 is 20.4 Å². The van der Waals surface area contributed by atoms with Crippen molar-refractivity contribution in [1.29, 1.82) is 0 Å². The molecule has 0 aliphatic carbocycles. The van der Waals surface area contributed by atoms with Gasteiger partial charge in [-0.15, -0.1) is 0 Å². The highest BCUT2D eigenvalue weighted by atomic mass is 17.1. The van der Waals surface area contributed by atoms with E-state index in [1.54, 1.807) is 0 Å². The quantitative estimate of drug-likeness (QED) is 0.233. The Hall–Kier alpha value is -0.730. The summed E-state index contributed by atoms with van der Waals surface area (Å²) in [5, 5.41) is 42.3. The fourth-order valence-electron chi connectivity index (χ4n) is 0.512. The molecule has 0 fully saturated rings. The third kappa shape index (κ3) is 2.72. The van der Waals surface area contributed by atoms with Gasteiger partial charge in [0.15, 0.2) is 6.10 Å². The second kappa shape index (κ2) is 5.01. The Morgan fingerprint density at radius 3 is 2.17 bits per heavy atom. The van der Waals surface area contributed by atoms with Gasteiger partial charge in [-0.25, -0.2) is 4.79 Å². The van der Waals surface area contributed by atoms with E-state index in [9.17, 15) is 4.79 Å². The van der Waals surface area contributed by atoms with Crippen LogP contribution in [-0.2, 0) is 9.68 Å². The summed E-state index contributed by atoms with van der Waals surface area (Å²) in [4.78, 5) is 13.4. The lowest BCUT2D eigenvalue weighted by Crippen LogP contribution is -2.44. The van der Waals surface area contributed by atoms with Crippen molar-refractivity contribution >= 4 is 5.97 Å². The van der Waals surface area contributed by atoms with Gasteiger partial charge in [-0.2, -0.15) is 5.26 Å². The van der Waals surface area contributed by atoms with Crippen LogP contribution in [0.2, 0.25) is 0 Å². The molecule has 0 radical (unpaired) electrons. The lowest BCUT2D eigenvalue weighted by molar-refractivity contribution is -0.248. The summed E-state index contributed by atoms with van der Waals surface area (Å²) in [6.07, 6.45) is -5.65. The van der Waals surface area contributed by atoms with Crippen LogP contribution < -0.4 is 0 Å². The first-order valence-electron chi connectivity index (χ1n) is 3.05. The lowest BCUT2D eigenvalue weighted by atomic mass is 10.1. The van der Waals surface area contributed by atoms with Crippen LogP contribution in [0.1, 0.15) is 0 Å². The zero-order valence-electron chi connectivity index (χ0n) is 5.99. The maximum Gasteiger partial charge on any atom is 0.373 e. The zero-order chi connectivity index (χ0) is 9.72. The minimum absolute atomic E-state index is 0.822. The predicted octanol–water partition coefficient (Wildman–Crippen LogP) is -2.92. The molecule has 0 rings (SSSR count). The molecule has 0 amide bonds. The van der Waals surface area contributed by atoms with Crippen molar-refractivity contribution in [3.05, 3.63) is 0 Å². The second-order valence-electron chi connectivity index (χ2n) is 2.10. The van der Waals surface area contributed by atoms with E-state index in [0.717, 1.165) is 0 Å². The number of carbonyl (C=O) groups is 1. The van der Waals surface area contributed by atoms with Gasteiger partial charge in [0.1, 0.15) is 12.2 Å². The molecule has 0 saturated carbocycles. The van der Waals surface area contributed by atoms with E-state index >= 15 is 0 Å². The van der Waals surface area contributed by atoms with Crippen LogP contribution in [0.3, 0.4) is 0 Å². The van der Waals surface area contributed by atoms with E-state index in [-0.39, 0.29) is 0 Å². The summed E-state index contributed by atoms with van der Waals surface area (Å²) in [5.74, 6) is -1.50. The number of rotatable bonds is 4. The van der Waals surface area contributed by atoms with Crippen LogP contribution in [0.5, 0.6) is 0 Å². The average molecular weight is 182 g/mol. The van der Waals surface area contributed by atoms with E-state index in [4.69, 9.17) is 25.7 Å². The monoisotopic (exact) mass is 182 g/mol. The number of carbonyl (C=O) groups excluding carboxylic acids is 1. The van der Waals surface area contributed by atoms with Crippen molar-refractivity contribution in [1.82, 2.24) is 0 Å². The molecule has 7 heteroatoms. The fourth-order valence-corrected chi connectivity index (χ4v) is 0.512. The Kier molecular flexibility index (Phi) is 4.71. The van der Waals surface area contributed by atoms with Gasteiger partial charge in [0, 0.05) is 0 Å². The molecule has 5 N–H and O–H groups in total. The van der Waals surface area contributed by atoms with E-state index in [1.165, 1.54) is 0 Å². The molecular formula is C5H10O7. The van der Waals surface area contributed by atoms with Gasteiger partial charge in [-0.05, 0) is 0 Å². The summed E-state index contributed by atoms with van der Waals surface area (Å²) in [5.41, 5.74) is 0. The first-order chi connectivity index (χ1) is 5.54. The third-order valence-electron chi connectivity index (χ3n) is 1.24. The van der Waals surface area contributed by atoms with Gasteiger partial charge in [0.2, 0.25) is 0 Å². The number of aliphatic hydroxyl groups excluding tert-OH is 4. The molecule has 0 unspecified atom stereocenters. The van der Waals surface area contributed by atoms with Gasteiger partial charge in [0.05, 0.1) is 6.61 Å². The molecule has 3 atom stereocenters. The number of hydrogen-bond donors (Lipinski definition) is 5. The second-order valence-corrected chi connectivity index (χ2v) is 2.10. The summed E-state index contributed by atoms with van der Waals surface area (Å²) >= 11 is 0. The van der Waals surface area contributed by atoms with Crippen molar-refractivity contribution in [2.75, 3.05) is 6.61 Å². The molecular weight excluding hydrogens is 172 g/mol. The topological polar surface area (TPSA) is 127 Å². The minimum Gasteiger partial charge on any atom is -0.394 e. The predicted molar refractivity (Wildman–Crippen MR) is 33.8 cm³/mol. The van der Waals surface area contributed by atoms with Crippen molar-refractivity contribution in [2.45, 2.75) is 18.3 Å². The maximum absolute atomic E-state index is 10.3. The Bertz CT molecular complexity index is 147. The minimum atomic E-state index is -2.09. The molecule has 0 aromatic carbocycles. The van der Waals surface area contributed by atoms with Crippen LogP contribution in [-0.4, -0.2) is 56.6 Å². The molecule has 0 bridgehead atoms. The highest BCUT2D eigenvalue weighted by Crippen LogP contribution is 2.01. The van der Waals surface area contributed by atoms with Crippen molar-refractivity contribution in [2.24, 2.45) is 0 Å². The fraction of sp³-hybridized carbons (Fsp3) is 0.800. The molecule has 0 aromatic rings. The first kappa shape index (κ1) is 11.3. The lowest BCUT2D eigenvalue weighted by Gasteiger charge is -2.18. The highest BCUT2D eigenvalue weighted by molar-refractivity contribution is 5.74. The Morgan fingerprint density at radius 2 is 1.83 bits per heavy atom. The first-order valence-corrected chi connectivity index (χ1v) is 3.05. The number of aliphatic hydroxyl groups is 4. The van der Waals surface area contributed by atoms with Crippen LogP contribution in [0, 0.1) is 0 Å². The third-order valence-corrected chi connectivity index (χ3v) is 1.24. The van der Waals surface area contributed by atoms with E-state index in [1.807, 2.05) is 0 Å². The van der Waals surface area contributed by atoms with Crippen molar-refractivity contribution in [3.63, 3.8) is 0 Å². The largest absolute Gasteiger partial charge is 0.394 e. The summed E-state index contributed by atoms with van der Waals surface area (Å²) in [6, 6.07) is 0. The Labute approximate surface area is 67.4 Å². The van der Waals surface area contributed by atoms with E-state index < -0.39 is 30.9 Å². The molecule has 0 aromatic heterocycles. The summed E-state index contributed by atoms with van der Waals surface area (Å²) in [7, 11) is 0. The Morgan fingerprint density at radius 1 is 1.33 bits per heavy atom. The average Bonchev–Trinajstić information content (AvgIpc) is 2.12. The zero-order valence-corrected chi connectivity index (χ0v) is 5.99. The van der Waals surface area contributed by atoms with Gasteiger partial charge in [0.25, 0.3) is 0 Å². The normalized spacial score (nSPS) is 18.1. The van der Waals surface area contributed by atoms with Crippen LogP contribution in [0.4, 0.5) is 0 Å². The molecule has 0 heterocycles. The van der Waals surface area contributed by atoms with E-state index in [2.05, 4.69) is 4.89 Å². The molecule has 0 aliphatic heterocycles. The highest BCUT2D eigenvalue weighted by Gasteiger charge is 2.31. The van der Waals surface area contributed by atoms with E-state index in [0.29, 0.717) is 0 Å². The standard InChI is InChI=1S/C5H10O7/c6-1-2(7)3(8)4(9)5(10)12-11/h2-4,6-9,11H,1H2/t2-,3-,4-/m1/s1.